The Bertz CT molecular complexity index is 459. The van der Waals surface area contributed by atoms with Crippen LogP contribution in [0, 0.1) is 0 Å². The Labute approximate surface area is 111 Å². The molecule has 3 rings (SSSR count). The largest absolute Gasteiger partial charge is 0.281 e. The molecule has 0 aromatic heterocycles. The molecule has 2 aliphatic rings. The van der Waals surface area contributed by atoms with E-state index in [9.17, 15) is 9.59 Å². The highest BCUT2D eigenvalue weighted by atomic mass is 32.2. The average Bonchev–Trinajstić information content (AvgIpc) is 2.76. The zero-order valence-electron chi connectivity index (χ0n) is 10.1. The van der Waals surface area contributed by atoms with Crippen molar-refractivity contribution in [3.8, 4) is 0 Å². The smallest absolute Gasteiger partial charge is 0.229 e. The molecule has 0 saturated carbocycles. The zero-order valence-corrected chi connectivity index (χ0v) is 10.9. The first kappa shape index (κ1) is 11.8. The van der Waals surface area contributed by atoms with Gasteiger partial charge in [-0.25, -0.2) is 0 Å². The second kappa shape index (κ2) is 4.76. The molecule has 94 valence electrons. The number of piperidine rings is 1. The molecule has 0 spiro atoms. The fourth-order valence-corrected chi connectivity index (χ4v) is 3.87. The van der Waals surface area contributed by atoms with Gasteiger partial charge in [-0.2, -0.15) is 0 Å². The number of carbonyl (C=O) groups is 2. The maximum absolute atomic E-state index is 11.8. The number of hydrogen-bond donors (Lipinski definition) is 0. The molecule has 1 aromatic carbocycles. The Balaban J connectivity index is 1.68. The van der Waals surface area contributed by atoms with E-state index in [2.05, 4.69) is 12.1 Å². The van der Waals surface area contributed by atoms with Crippen molar-refractivity contribution in [1.29, 1.82) is 0 Å². The highest BCUT2D eigenvalue weighted by Gasteiger charge is 2.31. The molecular weight excluding hydrogens is 246 g/mol. The third-order valence-corrected chi connectivity index (χ3v) is 4.78. The van der Waals surface area contributed by atoms with Crippen LogP contribution in [0.25, 0.3) is 0 Å². The van der Waals surface area contributed by atoms with Crippen LogP contribution in [0.3, 0.4) is 0 Å². The van der Waals surface area contributed by atoms with E-state index >= 15 is 0 Å². The molecule has 3 nitrogen and oxygen atoms in total. The summed E-state index contributed by atoms with van der Waals surface area (Å²) in [6, 6.07) is 8.31. The number of carbonyl (C=O) groups excluding carboxylic acids is 2. The number of hydrogen-bond acceptors (Lipinski definition) is 3. The predicted octanol–water partition coefficient (Wildman–Crippen LogP) is 2.24. The molecule has 0 bridgehead atoms. The first-order valence-corrected chi connectivity index (χ1v) is 7.20. The van der Waals surface area contributed by atoms with Crippen LogP contribution >= 0.6 is 11.8 Å². The summed E-state index contributed by atoms with van der Waals surface area (Å²) in [5.41, 5.74) is 1.34. The number of thioether (sulfide) groups is 1. The van der Waals surface area contributed by atoms with E-state index < -0.39 is 0 Å². The van der Waals surface area contributed by atoms with Gasteiger partial charge in [-0.1, -0.05) is 18.2 Å². The summed E-state index contributed by atoms with van der Waals surface area (Å²) in [4.78, 5) is 26.3. The molecule has 1 atom stereocenters. The first-order valence-electron chi connectivity index (χ1n) is 6.32. The van der Waals surface area contributed by atoms with Crippen molar-refractivity contribution < 1.29 is 9.59 Å². The third-order valence-electron chi connectivity index (χ3n) is 3.48. The third kappa shape index (κ3) is 2.17. The SMILES string of the molecule is O=C1CCCC(=O)N1CC1Cc2ccccc2S1. The van der Waals surface area contributed by atoms with E-state index in [0.29, 0.717) is 31.1 Å². The lowest BCUT2D eigenvalue weighted by Gasteiger charge is -2.27. The van der Waals surface area contributed by atoms with Crippen molar-refractivity contribution in [2.75, 3.05) is 6.54 Å². The van der Waals surface area contributed by atoms with E-state index in [4.69, 9.17) is 0 Å². The molecule has 1 saturated heterocycles. The summed E-state index contributed by atoms with van der Waals surface area (Å²) in [7, 11) is 0. The summed E-state index contributed by atoms with van der Waals surface area (Å²) in [6.45, 7) is 0.566. The fourth-order valence-electron chi connectivity index (χ4n) is 2.56. The topological polar surface area (TPSA) is 37.4 Å². The van der Waals surface area contributed by atoms with Crippen LogP contribution in [-0.2, 0) is 16.0 Å². The number of fused-ring (bicyclic) bond motifs is 1. The average molecular weight is 261 g/mol. The van der Waals surface area contributed by atoms with Crippen LogP contribution < -0.4 is 0 Å². The lowest BCUT2D eigenvalue weighted by Crippen LogP contribution is -2.43. The first-order chi connectivity index (χ1) is 8.74. The molecule has 4 heteroatoms. The monoisotopic (exact) mass is 261 g/mol. The second-order valence-electron chi connectivity index (χ2n) is 4.80. The quantitative estimate of drug-likeness (QED) is 0.766. The van der Waals surface area contributed by atoms with E-state index in [1.807, 2.05) is 12.1 Å². The number of rotatable bonds is 2. The molecule has 1 aromatic rings. The van der Waals surface area contributed by atoms with Crippen LogP contribution in [0.15, 0.2) is 29.2 Å². The van der Waals surface area contributed by atoms with Gasteiger partial charge < -0.3 is 0 Å². The van der Waals surface area contributed by atoms with E-state index in [1.165, 1.54) is 15.4 Å². The van der Waals surface area contributed by atoms with E-state index in [1.54, 1.807) is 11.8 Å². The highest BCUT2D eigenvalue weighted by Crippen LogP contribution is 2.37. The maximum atomic E-state index is 11.8. The number of amides is 2. The van der Waals surface area contributed by atoms with E-state index in [-0.39, 0.29) is 11.8 Å². The lowest BCUT2D eigenvalue weighted by atomic mass is 10.1. The molecule has 0 N–H and O–H groups in total. The Morgan fingerprint density at radius 3 is 2.61 bits per heavy atom. The molecular formula is C14H15NO2S. The Kier molecular flexibility index (Phi) is 3.12. The van der Waals surface area contributed by atoms with Crippen molar-refractivity contribution >= 4 is 23.6 Å². The standard InChI is InChI=1S/C14H15NO2S/c16-13-6-3-7-14(17)15(13)9-11-8-10-4-1-2-5-12(10)18-11/h1-2,4-5,11H,3,6-9H2. The van der Waals surface area contributed by atoms with Gasteiger partial charge in [0, 0.05) is 29.5 Å². The van der Waals surface area contributed by atoms with Crippen molar-refractivity contribution in [3.63, 3.8) is 0 Å². The van der Waals surface area contributed by atoms with Crippen molar-refractivity contribution in [2.45, 2.75) is 35.8 Å². The van der Waals surface area contributed by atoms with E-state index in [0.717, 1.165) is 6.42 Å². The van der Waals surface area contributed by atoms with Gasteiger partial charge in [0.25, 0.3) is 0 Å². The van der Waals surface area contributed by atoms with Gasteiger partial charge in [0.1, 0.15) is 0 Å². The van der Waals surface area contributed by atoms with Gasteiger partial charge >= 0.3 is 0 Å². The minimum absolute atomic E-state index is 0.00260. The second-order valence-corrected chi connectivity index (χ2v) is 6.15. The van der Waals surface area contributed by atoms with Gasteiger partial charge in [0.15, 0.2) is 0 Å². The van der Waals surface area contributed by atoms with Gasteiger partial charge in [0.2, 0.25) is 11.8 Å². The highest BCUT2D eigenvalue weighted by molar-refractivity contribution is 8.00. The lowest BCUT2D eigenvalue weighted by molar-refractivity contribution is -0.147. The Hall–Kier alpha value is -1.29. The normalized spacial score (nSPS) is 23.3. The minimum atomic E-state index is 0.00260. The molecule has 2 heterocycles. The minimum Gasteiger partial charge on any atom is -0.281 e. The molecule has 1 unspecified atom stereocenters. The van der Waals surface area contributed by atoms with Crippen molar-refractivity contribution in [3.05, 3.63) is 29.8 Å². The van der Waals surface area contributed by atoms with Crippen molar-refractivity contribution in [1.82, 2.24) is 4.90 Å². The summed E-state index contributed by atoms with van der Waals surface area (Å²) < 4.78 is 0. The van der Waals surface area contributed by atoms with Gasteiger partial charge in [-0.05, 0) is 24.5 Å². The number of imide groups is 1. The van der Waals surface area contributed by atoms with Crippen LogP contribution in [0.2, 0.25) is 0 Å². The summed E-state index contributed by atoms with van der Waals surface area (Å²) in [5, 5.41) is 0.327. The molecule has 0 aliphatic carbocycles. The van der Waals surface area contributed by atoms with Crippen molar-refractivity contribution in [2.24, 2.45) is 0 Å². The van der Waals surface area contributed by atoms with Crippen LogP contribution in [0.1, 0.15) is 24.8 Å². The van der Waals surface area contributed by atoms with Crippen LogP contribution in [-0.4, -0.2) is 28.5 Å². The Morgan fingerprint density at radius 1 is 1.17 bits per heavy atom. The molecule has 2 aliphatic heterocycles. The summed E-state index contributed by atoms with van der Waals surface area (Å²) in [5.74, 6) is 0.00520. The predicted molar refractivity (Wildman–Crippen MR) is 70.4 cm³/mol. The number of nitrogens with zero attached hydrogens (tertiary/aromatic N) is 1. The van der Waals surface area contributed by atoms with Gasteiger partial charge in [0.05, 0.1) is 0 Å². The molecule has 18 heavy (non-hydrogen) atoms. The summed E-state index contributed by atoms with van der Waals surface area (Å²) >= 11 is 1.79. The molecule has 2 amide bonds. The molecule has 0 radical (unpaired) electrons. The van der Waals surface area contributed by atoms with Gasteiger partial charge in [-0.3, -0.25) is 14.5 Å². The summed E-state index contributed by atoms with van der Waals surface area (Å²) in [6.07, 6.45) is 2.72. The number of likely N-dealkylation sites (tertiary alicyclic amines) is 1. The van der Waals surface area contributed by atoms with Crippen LogP contribution in [0.5, 0.6) is 0 Å². The van der Waals surface area contributed by atoms with Gasteiger partial charge in [-0.15, -0.1) is 11.8 Å². The zero-order chi connectivity index (χ0) is 12.5. The Morgan fingerprint density at radius 2 is 1.89 bits per heavy atom. The fraction of sp³-hybridized carbons (Fsp3) is 0.429. The van der Waals surface area contributed by atoms with Crippen LogP contribution in [0.4, 0.5) is 0 Å². The molecule has 1 fully saturated rings. The number of benzene rings is 1. The maximum Gasteiger partial charge on any atom is 0.229 e.